The Bertz CT molecular complexity index is 1330. The molecule has 31 heavy (non-hydrogen) atoms. The maximum Gasteiger partial charge on any atom is 0.308 e. The molecule has 0 saturated carbocycles. The highest BCUT2D eigenvalue weighted by atomic mass is 16.6. The van der Waals surface area contributed by atoms with Gasteiger partial charge >= 0.3 is 5.91 Å². The lowest BCUT2D eigenvalue weighted by Crippen LogP contribution is -2.35. The third-order valence-electron chi connectivity index (χ3n) is 5.36. The smallest absolute Gasteiger partial charge is 0.308 e. The van der Waals surface area contributed by atoms with Crippen molar-refractivity contribution in [3.05, 3.63) is 60.7 Å². The molecule has 1 aliphatic heterocycles. The van der Waals surface area contributed by atoms with Crippen LogP contribution >= 0.6 is 0 Å². The second-order valence-electron chi connectivity index (χ2n) is 7.44. The average Bonchev–Trinajstić information content (AvgIpc) is 3.07. The number of hydrogen-bond donors (Lipinski definition) is 1. The number of aromatic nitrogens is 1. The van der Waals surface area contributed by atoms with E-state index in [1.807, 2.05) is 67.6 Å². The van der Waals surface area contributed by atoms with Crippen molar-refractivity contribution in [2.24, 2.45) is 10.2 Å². The van der Waals surface area contributed by atoms with Gasteiger partial charge in [0.1, 0.15) is 6.61 Å². The van der Waals surface area contributed by atoms with E-state index < -0.39 is 12.0 Å². The fourth-order valence-electron chi connectivity index (χ4n) is 3.86. The van der Waals surface area contributed by atoms with E-state index in [0.29, 0.717) is 18.0 Å². The summed E-state index contributed by atoms with van der Waals surface area (Å²) in [5.74, 6) is 0.531. The van der Waals surface area contributed by atoms with Crippen molar-refractivity contribution in [1.82, 2.24) is 4.57 Å². The number of aromatic hydroxyl groups is 1. The number of hydrogen-bond acceptors (Lipinski definition) is 5. The minimum atomic E-state index is -0.899. The van der Waals surface area contributed by atoms with Gasteiger partial charge in [-0.15, -0.1) is 10.2 Å². The fourth-order valence-corrected chi connectivity index (χ4v) is 3.86. The lowest BCUT2D eigenvalue weighted by Gasteiger charge is -2.24. The molecule has 1 aliphatic rings. The van der Waals surface area contributed by atoms with Crippen LogP contribution in [0.25, 0.3) is 21.7 Å². The Labute approximate surface area is 178 Å². The van der Waals surface area contributed by atoms with E-state index >= 15 is 0 Å². The number of ether oxygens (including phenoxy) is 2. The van der Waals surface area contributed by atoms with Crippen molar-refractivity contribution < 1.29 is 19.4 Å². The van der Waals surface area contributed by atoms with Crippen LogP contribution in [0.4, 0.5) is 5.69 Å². The summed E-state index contributed by atoms with van der Waals surface area (Å²) in [6.07, 6.45) is -0.0492. The summed E-state index contributed by atoms with van der Waals surface area (Å²) >= 11 is 0. The van der Waals surface area contributed by atoms with Crippen LogP contribution in [-0.4, -0.2) is 28.3 Å². The van der Waals surface area contributed by atoms with Crippen molar-refractivity contribution in [3.63, 3.8) is 0 Å². The number of carbonyl (C=O) groups excluding carboxylic acids is 1. The Morgan fingerprint density at radius 2 is 1.81 bits per heavy atom. The molecule has 0 unspecified atom stereocenters. The van der Waals surface area contributed by atoms with E-state index in [-0.39, 0.29) is 18.2 Å². The highest BCUT2D eigenvalue weighted by Crippen LogP contribution is 2.39. The molecular formula is C24H21N3O4. The molecule has 7 nitrogen and oxygen atoms in total. The van der Waals surface area contributed by atoms with Crippen LogP contribution in [0.5, 0.6) is 17.4 Å². The summed E-state index contributed by atoms with van der Waals surface area (Å²) in [5.41, 5.74) is 1.13. The molecule has 0 spiro atoms. The van der Waals surface area contributed by atoms with Gasteiger partial charge in [0, 0.05) is 11.9 Å². The van der Waals surface area contributed by atoms with Gasteiger partial charge in [0.25, 0.3) is 0 Å². The van der Waals surface area contributed by atoms with Gasteiger partial charge in [-0.2, -0.15) is 0 Å². The molecule has 0 radical (unpaired) electrons. The number of azo groups is 1. The van der Waals surface area contributed by atoms with Gasteiger partial charge in [-0.05, 0) is 35.4 Å². The Balaban J connectivity index is 1.41. The number of amides is 1. The molecule has 0 saturated heterocycles. The van der Waals surface area contributed by atoms with Crippen LogP contribution in [0.1, 0.15) is 13.3 Å². The monoisotopic (exact) mass is 415 g/mol. The SMILES string of the molecule is CCCn1c(O)c(N=NC(=O)[C@@H]2COc3cc4ccccc4cc3O2)c2ccccc21. The lowest BCUT2D eigenvalue weighted by atomic mass is 10.1. The summed E-state index contributed by atoms with van der Waals surface area (Å²) in [7, 11) is 0. The molecule has 3 aromatic carbocycles. The van der Waals surface area contributed by atoms with Crippen LogP contribution < -0.4 is 9.47 Å². The summed E-state index contributed by atoms with van der Waals surface area (Å²) < 4.78 is 13.4. The molecule has 156 valence electrons. The van der Waals surface area contributed by atoms with Crippen molar-refractivity contribution >= 4 is 33.3 Å². The largest absolute Gasteiger partial charge is 0.493 e. The first-order valence-electron chi connectivity index (χ1n) is 10.2. The van der Waals surface area contributed by atoms with Gasteiger partial charge in [0.2, 0.25) is 12.0 Å². The second-order valence-corrected chi connectivity index (χ2v) is 7.44. The molecule has 0 bridgehead atoms. The minimum absolute atomic E-state index is 0.00257. The number of fused-ring (bicyclic) bond motifs is 3. The summed E-state index contributed by atoms with van der Waals surface area (Å²) in [5, 5.41) is 21.3. The van der Waals surface area contributed by atoms with E-state index in [1.54, 1.807) is 4.57 Å². The molecule has 1 atom stereocenters. The fraction of sp³-hybridized carbons (Fsp3) is 0.208. The summed E-state index contributed by atoms with van der Waals surface area (Å²) in [6, 6.07) is 19.1. The molecule has 1 amide bonds. The standard InChI is InChI=1S/C24H21N3O4/c1-2-11-27-18-10-6-5-9-17(18)22(24(27)29)25-26-23(28)21-14-30-19-12-15-7-3-4-8-16(15)13-20(19)31-21/h3-10,12-13,21,29H,2,11,14H2,1H3/t21-/m0/s1. The van der Waals surface area contributed by atoms with Crippen molar-refractivity contribution in [2.75, 3.05) is 6.61 Å². The molecule has 0 aliphatic carbocycles. The molecule has 5 rings (SSSR count). The molecular weight excluding hydrogens is 394 g/mol. The van der Waals surface area contributed by atoms with Gasteiger partial charge < -0.3 is 19.1 Å². The Morgan fingerprint density at radius 1 is 1.10 bits per heavy atom. The van der Waals surface area contributed by atoms with E-state index in [0.717, 1.165) is 28.1 Å². The normalized spacial score (nSPS) is 15.7. The van der Waals surface area contributed by atoms with Gasteiger partial charge in [-0.1, -0.05) is 49.4 Å². The first kappa shape index (κ1) is 19.1. The van der Waals surface area contributed by atoms with Crippen molar-refractivity contribution in [1.29, 1.82) is 0 Å². The first-order chi connectivity index (χ1) is 15.2. The molecule has 1 N–H and O–H groups in total. The number of para-hydroxylation sites is 1. The molecule has 0 fully saturated rings. The zero-order valence-electron chi connectivity index (χ0n) is 17.0. The number of carbonyl (C=O) groups is 1. The quantitative estimate of drug-likeness (QED) is 0.455. The van der Waals surface area contributed by atoms with Gasteiger partial charge in [0.05, 0.1) is 5.52 Å². The van der Waals surface area contributed by atoms with Crippen LogP contribution in [0.2, 0.25) is 0 Å². The average molecular weight is 415 g/mol. The van der Waals surface area contributed by atoms with E-state index in [4.69, 9.17) is 9.47 Å². The van der Waals surface area contributed by atoms with Crippen LogP contribution in [0, 0.1) is 0 Å². The molecule has 7 heteroatoms. The van der Waals surface area contributed by atoms with Crippen molar-refractivity contribution in [2.45, 2.75) is 26.0 Å². The summed E-state index contributed by atoms with van der Waals surface area (Å²) in [4.78, 5) is 12.7. The predicted molar refractivity (Wildman–Crippen MR) is 117 cm³/mol. The third kappa shape index (κ3) is 3.38. The van der Waals surface area contributed by atoms with Gasteiger partial charge in [-0.25, -0.2) is 0 Å². The predicted octanol–water partition coefficient (Wildman–Crippen LogP) is 5.36. The lowest BCUT2D eigenvalue weighted by molar-refractivity contribution is -0.127. The third-order valence-corrected chi connectivity index (χ3v) is 5.36. The van der Waals surface area contributed by atoms with Crippen LogP contribution in [0.3, 0.4) is 0 Å². The van der Waals surface area contributed by atoms with Gasteiger partial charge in [0.15, 0.2) is 17.2 Å². The topological polar surface area (TPSA) is 85.4 Å². The van der Waals surface area contributed by atoms with Crippen LogP contribution in [0.15, 0.2) is 70.9 Å². The zero-order valence-corrected chi connectivity index (χ0v) is 17.0. The highest BCUT2D eigenvalue weighted by Gasteiger charge is 2.28. The summed E-state index contributed by atoms with van der Waals surface area (Å²) in [6.45, 7) is 2.72. The van der Waals surface area contributed by atoms with E-state index in [9.17, 15) is 9.90 Å². The molecule has 4 aromatic rings. The first-order valence-corrected chi connectivity index (χ1v) is 10.2. The minimum Gasteiger partial charge on any atom is -0.493 e. The Morgan fingerprint density at radius 3 is 2.58 bits per heavy atom. The highest BCUT2D eigenvalue weighted by molar-refractivity contribution is 5.95. The van der Waals surface area contributed by atoms with E-state index in [1.165, 1.54) is 0 Å². The molecule has 1 aromatic heterocycles. The van der Waals surface area contributed by atoms with E-state index in [2.05, 4.69) is 10.2 Å². The Kier molecular flexibility index (Phi) is 4.78. The van der Waals surface area contributed by atoms with Crippen molar-refractivity contribution in [3.8, 4) is 17.4 Å². The molecule has 2 heterocycles. The number of aryl methyl sites for hydroxylation is 1. The maximum atomic E-state index is 12.7. The zero-order chi connectivity index (χ0) is 21.4. The maximum absolute atomic E-state index is 12.7. The Hall–Kier alpha value is -3.87. The number of benzene rings is 3. The number of rotatable bonds is 4. The second kappa shape index (κ2) is 7.75. The van der Waals surface area contributed by atoms with Gasteiger partial charge in [-0.3, -0.25) is 4.79 Å². The number of nitrogens with zero attached hydrogens (tertiary/aromatic N) is 3. The van der Waals surface area contributed by atoms with Crippen LogP contribution in [-0.2, 0) is 11.3 Å².